The van der Waals surface area contributed by atoms with Gasteiger partial charge in [-0.05, 0) is 24.6 Å². The molecule has 0 bridgehead atoms. The number of carbonyl (C=O) groups is 1. The number of ether oxygens (including phenoxy) is 1. The second kappa shape index (κ2) is 7.55. The molecule has 0 aliphatic carbocycles. The minimum absolute atomic E-state index is 0.0352. The van der Waals surface area contributed by atoms with E-state index in [9.17, 15) is 4.79 Å². The second-order valence-corrected chi connectivity index (χ2v) is 5.93. The highest BCUT2D eigenvalue weighted by molar-refractivity contribution is 7.99. The topological polar surface area (TPSA) is 41.6 Å². The molecule has 1 aromatic rings. The van der Waals surface area contributed by atoms with E-state index in [4.69, 9.17) is 4.74 Å². The Morgan fingerprint density at radius 2 is 2.20 bits per heavy atom. The van der Waals surface area contributed by atoms with Crippen LogP contribution in [-0.2, 0) is 11.3 Å². The Labute approximate surface area is 124 Å². The minimum Gasteiger partial charge on any atom is -0.497 e. The fourth-order valence-electron chi connectivity index (χ4n) is 2.24. The lowest BCUT2D eigenvalue weighted by Crippen LogP contribution is -2.50. The number of nitrogens with zero attached hydrogens (tertiary/aromatic N) is 1. The van der Waals surface area contributed by atoms with Gasteiger partial charge >= 0.3 is 0 Å². The van der Waals surface area contributed by atoms with E-state index in [1.54, 1.807) is 7.11 Å². The molecule has 1 aromatic carbocycles. The molecule has 1 fully saturated rings. The molecule has 5 heteroatoms. The molecule has 0 radical (unpaired) electrons. The third kappa shape index (κ3) is 3.90. The van der Waals surface area contributed by atoms with Crippen LogP contribution in [0.25, 0.3) is 0 Å². The van der Waals surface area contributed by atoms with Crippen LogP contribution in [0.1, 0.15) is 12.5 Å². The number of likely N-dealkylation sites (N-methyl/N-ethyl adjacent to an activating group) is 1. The van der Waals surface area contributed by atoms with E-state index in [-0.39, 0.29) is 11.9 Å². The first-order chi connectivity index (χ1) is 9.74. The quantitative estimate of drug-likeness (QED) is 0.898. The molecule has 0 spiro atoms. The monoisotopic (exact) mass is 294 g/mol. The smallest absolute Gasteiger partial charge is 0.240 e. The molecule has 2 rings (SSSR count). The van der Waals surface area contributed by atoms with Gasteiger partial charge in [0.25, 0.3) is 0 Å². The van der Waals surface area contributed by atoms with Crippen LogP contribution >= 0.6 is 11.8 Å². The molecule has 1 amide bonds. The summed E-state index contributed by atoms with van der Waals surface area (Å²) in [7, 11) is 1.66. The molecular formula is C15H22N2O2S. The van der Waals surface area contributed by atoms with Gasteiger partial charge in [0.05, 0.1) is 13.2 Å². The summed E-state index contributed by atoms with van der Waals surface area (Å²) in [5.74, 6) is 3.01. The first-order valence-electron chi connectivity index (χ1n) is 6.97. The van der Waals surface area contributed by atoms with Gasteiger partial charge in [-0.15, -0.1) is 0 Å². The van der Waals surface area contributed by atoms with Gasteiger partial charge in [0.15, 0.2) is 0 Å². The van der Waals surface area contributed by atoms with Crippen molar-refractivity contribution in [1.82, 2.24) is 10.2 Å². The molecule has 20 heavy (non-hydrogen) atoms. The lowest BCUT2D eigenvalue weighted by molar-refractivity contribution is -0.133. The highest BCUT2D eigenvalue weighted by Crippen LogP contribution is 2.15. The normalized spacial score (nSPS) is 18.6. The Morgan fingerprint density at radius 3 is 2.75 bits per heavy atom. The summed E-state index contributed by atoms with van der Waals surface area (Å²) in [6, 6.07) is 7.85. The van der Waals surface area contributed by atoms with Gasteiger partial charge in [0.2, 0.25) is 5.91 Å². The van der Waals surface area contributed by atoms with Crippen LogP contribution in [0.3, 0.4) is 0 Å². The fourth-order valence-corrected chi connectivity index (χ4v) is 3.17. The van der Waals surface area contributed by atoms with Crippen LogP contribution in [0.4, 0.5) is 0 Å². The average Bonchev–Trinajstić information content (AvgIpc) is 2.53. The van der Waals surface area contributed by atoms with Gasteiger partial charge in [0, 0.05) is 31.1 Å². The Bertz CT molecular complexity index is 430. The molecule has 1 unspecified atom stereocenters. The average molecular weight is 294 g/mol. The summed E-state index contributed by atoms with van der Waals surface area (Å²) in [4.78, 5) is 14.4. The molecule has 1 aliphatic rings. The Balaban J connectivity index is 1.97. The SMILES string of the molecule is CCN(Cc1ccc(OC)cc1)C(=O)C1CSCCN1. The van der Waals surface area contributed by atoms with Gasteiger partial charge in [-0.2, -0.15) is 11.8 Å². The van der Waals surface area contributed by atoms with Crippen LogP contribution in [0, 0.1) is 0 Å². The van der Waals surface area contributed by atoms with Crippen molar-refractivity contribution in [3.05, 3.63) is 29.8 Å². The zero-order valence-corrected chi connectivity index (χ0v) is 12.9. The molecule has 4 nitrogen and oxygen atoms in total. The zero-order chi connectivity index (χ0) is 14.4. The third-order valence-corrected chi connectivity index (χ3v) is 4.51. The van der Waals surface area contributed by atoms with Gasteiger partial charge in [-0.1, -0.05) is 12.1 Å². The number of hydrogen-bond donors (Lipinski definition) is 1. The molecular weight excluding hydrogens is 272 g/mol. The first-order valence-corrected chi connectivity index (χ1v) is 8.13. The van der Waals surface area contributed by atoms with Crippen LogP contribution in [0.2, 0.25) is 0 Å². The van der Waals surface area contributed by atoms with Crippen LogP contribution in [-0.4, -0.2) is 48.6 Å². The molecule has 0 aromatic heterocycles. The van der Waals surface area contributed by atoms with Crippen LogP contribution in [0.5, 0.6) is 5.75 Å². The Kier molecular flexibility index (Phi) is 5.73. The van der Waals surface area contributed by atoms with Crippen molar-refractivity contribution in [3.63, 3.8) is 0 Å². The highest BCUT2D eigenvalue weighted by atomic mass is 32.2. The Hall–Kier alpha value is -1.20. The lowest BCUT2D eigenvalue weighted by Gasteiger charge is -2.29. The van der Waals surface area contributed by atoms with Crippen molar-refractivity contribution < 1.29 is 9.53 Å². The summed E-state index contributed by atoms with van der Waals surface area (Å²) < 4.78 is 5.15. The number of methoxy groups -OCH3 is 1. The predicted molar refractivity (Wildman–Crippen MR) is 83.2 cm³/mol. The molecule has 1 N–H and O–H groups in total. The molecule has 1 aliphatic heterocycles. The standard InChI is InChI=1S/C15H22N2O2S/c1-3-17(15(18)14-11-20-9-8-16-14)10-12-4-6-13(19-2)7-5-12/h4-7,14,16H,3,8-11H2,1-2H3. The molecule has 1 heterocycles. The van der Waals surface area contributed by atoms with Crippen molar-refractivity contribution in [2.75, 3.05) is 31.7 Å². The van der Waals surface area contributed by atoms with Crippen molar-refractivity contribution in [2.45, 2.75) is 19.5 Å². The third-order valence-electron chi connectivity index (χ3n) is 3.45. The number of benzene rings is 1. The van der Waals surface area contributed by atoms with E-state index in [0.29, 0.717) is 6.54 Å². The summed E-state index contributed by atoms with van der Waals surface area (Å²) in [6.07, 6.45) is 0. The van der Waals surface area contributed by atoms with Crippen molar-refractivity contribution in [2.24, 2.45) is 0 Å². The molecule has 110 valence electrons. The number of amides is 1. The molecule has 1 atom stereocenters. The van der Waals surface area contributed by atoms with Crippen LogP contribution in [0.15, 0.2) is 24.3 Å². The number of hydrogen-bond acceptors (Lipinski definition) is 4. The number of rotatable bonds is 5. The summed E-state index contributed by atoms with van der Waals surface area (Å²) in [6.45, 7) is 4.33. The maximum absolute atomic E-state index is 12.5. The largest absolute Gasteiger partial charge is 0.497 e. The molecule has 1 saturated heterocycles. The molecule has 0 saturated carbocycles. The van der Waals surface area contributed by atoms with E-state index in [1.807, 2.05) is 47.9 Å². The summed E-state index contributed by atoms with van der Waals surface area (Å²) in [5.41, 5.74) is 1.13. The van der Waals surface area contributed by atoms with E-state index < -0.39 is 0 Å². The summed E-state index contributed by atoms with van der Waals surface area (Å²) >= 11 is 1.84. The number of nitrogens with one attached hydrogen (secondary N) is 1. The first kappa shape index (κ1) is 15.2. The zero-order valence-electron chi connectivity index (χ0n) is 12.1. The van der Waals surface area contributed by atoms with Crippen LogP contribution < -0.4 is 10.1 Å². The van der Waals surface area contributed by atoms with E-state index >= 15 is 0 Å². The van der Waals surface area contributed by atoms with Gasteiger partial charge in [-0.25, -0.2) is 0 Å². The Morgan fingerprint density at radius 1 is 1.45 bits per heavy atom. The van der Waals surface area contributed by atoms with Gasteiger partial charge in [-0.3, -0.25) is 4.79 Å². The van der Waals surface area contributed by atoms with Crippen molar-refractivity contribution >= 4 is 17.7 Å². The number of thioether (sulfide) groups is 1. The number of carbonyl (C=O) groups excluding carboxylic acids is 1. The maximum Gasteiger partial charge on any atom is 0.240 e. The highest BCUT2D eigenvalue weighted by Gasteiger charge is 2.25. The predicted octanol–water partition coefficient (Wildman–Crippen LogP) is 1.75. The minimum atomic E-state index is -0.0352. The van der Waals surface area contributed by atoms with Crippen molar-refractivity contribution in [3.8, 4) is 5.75 Å². The fraction of sp³-hybridized carbons (Fsp3) is 0.533. The van der Waals surface area contributed by atoms with Gasteiger partial charge < -0.3 is 15.0 Å². The van der Waals surface area contributed by atoms with E-state index in [1.165, 1.54) is 0 Å². The summed E-state index contributed by atoms with van der Waals surface area (Å²) in [5, 5.41) is 3.31. The van der Waals surface area contributed by atoms with Gasteiger partial charge in [0.1, 0.15) is 5.75 Å². The van der Waals surface area contributed by atoms with Crippen molar-refractivity contribution in [1.29, 1.82) is 0 Å². The van der Waals surface area contributed by atoms with E-state index in [0.717, 1.165) is 35.9 Å². The lowest BCUT2D eigenvalue weighted by atomic mass is 10.2. The maximum atomic E-state index is 12.5. The second-order valence-electron chi connectivity index (χ2n) is 4.78. The van der Waals surface area contributed by atoms with E-state index in [2.05, 4.69) is 5.32 Å².